The Labute approximate surface area is 230 Å². The number of ether oxygens (including phenoxy) is 1. The van der Waals surface area contributed by atoms with Crippen molar-refractivity contribution in [1.82, 2.24) is 0 Å². The normalized spacial score (nSPS) is 34.2. The lowest BCUT2D eigenvalue weighted by atomic mass is 9.55. The van der Waals surface area contributed by atoms with Crippen LogP contribution in [0.2, 0.25) is 0 Å². The van der Waals surface area contributed by atoms with Gasteiger partial charge in [0.05, 0.1) is 12.0 Å². The van der Waals surface area contributed by atoms with Gasteiger partial charge in [0.2, 0.25) is 0 Å². The zero-order valence-corrected chi connectivity index (χ0v) is 22.8. The maximum Gasteiger partial charge on any atom is 0.185 e. The lowest BCUT2D eigenvalue weighted by molar-refractivity contribution is -0.254. The molecule has 1 spiro atoms. The zero-order chi connectivity index (χ0) is 27.6. The van der Waals surface area contributed by atoms with Crippen LogP contribution in [0.4, 0.5) is 0 Å². The van der Waals surface area contributed by atoms with Crippen molar-refractivity contribution >= 4 is 16.6 Å². The Bertz CT molecular complexity index is 1460. The SMILES string of the molecule is C=C1C2C(CO)CC3(C(=O)CCc4cccc(c4)CC(CO)c4ccc5ccc(cc5c4)CC13C)C2(O)OC. The van der Waals surface area contributed by atoms with Crippen molar-refractivity contribution in [2.24, 2.45) is 22.7 Å². The number of rotatable bonds is 3. The number of ketones is 1. The Morgan fingerprint density at radius 3 is 2.46 bits per heavy atom. The number of carbonyl (C=O) groups excluding carboxylic acids is 1. The largest absolute Gasteiger partial charge is 0.396 e. The second kappa shape index (κ2) is 9.38. The second-order valence-electron chi connectivity index (χ2n) is 12.2. The predicted octanol–water partition coefficient (Wildman–Crippen LogP) is 4.74. The summed E-state index contributed by atoms with van der Waals surface area (Å²) in [7, 11) is 1.47. The van der Waals surface area contributed by atoms with Gasteiger partial charge in [-0.05, 0) is 64.6 Å². The first-order valence-corrected chi connectivity index (χ1v) is 14.0. The third-order valence-corrected chi connectivity index (χ3v) is 10.4. The average molecular weight is 527 g/mol. The van der Waals surface area contributed by atoms with Gasteiger partial charge < -0.3 is 20.1 Å². The van der Waals surface area contributed by atoms with Crippen LogP contribution in [0.1, 0.15) is 47.9 Å². The summed E-state index contributed by atoms with van der Waals surface area (Å²) in [5, 5.41) is 35.0. The third kappa shape index (κ3) is 3.64. The molecule has 3 aromatic carbocycles. The van der Waals surface area contributed by atoms with E-state index >= 15 is 0 Å². The van der Waals surface area contributed by atoms with Crippen LogP contribution in [0, 0.1) is 22.7 Å². The standard InChI is InChI=1S/C34H38O5/c1-21-31-29(20-36)18-33(34(31,38)39-3)30(37)12-8-22-5-4-6-23(13-22)14-28(19-35)26-11-10-25-9-7-24(15-27(25)16-26)17-32(21,33)2/h4-7,9-11,13,15-16,28-29,31,35-36,38H,1,8,12,14,17-20H2,2-3H3. The van der Waals surface area contributed by atoms with E-state index in [-0.39, 0.29) is 37.3 Å². The molecule has 3 N–H and O–H groups in total. The van der Waals surface area contributed by atoms with Gasteiger partial charge in [-0.3, -0.25) is 4.79 Å². The molecule has 0 heterocycles. The molecule has 0 saturated heterocycles. The molecule has 39 heavy (non-hydrogen) atoms. The zero-order valence-electron chi connectivity index (χ0n) is 22.8. The quantitative estimate of drug-likeness (QED) is 0.339. The van der Waals surface area contributed by atoms with E-state index in [0.717, 1.165) is 38.6 Å². The molecule has 2 saturated carbocycles. The predicted molar refractivity (Wildman–Crippen MR) is 151 cm³/mol. The van der Waals surface area contributed by atoms with Crippen molar-refractivity contribution < 1.29 is 24.9 Å². The van der Waals surface area contributed by atoms with E-state index < -0.39 is 22.5 Å². The second-order valence-corrected chi connectivity index (χ2v) is 12.2. The highest BCUT2D eigenvalue weighted by Crippen LogP contribution is 2.74. The first-order chi connectivity index (χ1) is 18.7. The Morgan fingerprint density at radius 2 is 1.72 bits per heavy atom. The highest BCUT2D eigenvalue weighted by atomic mass is 16.6. The van der Waals surface area contributed by atoms with E-state index in [0.29, 0.717) is 25.7 Å². The molecule has 0 aromatic heterocycles. The number of hydrogen-bond acceptors (Lipinski definition) is 5. The molecule has 7 bridgehead atoms. The molecule has 0 aliphatic heterocycles. The van der Waals surface area contributed by atoms with Crippen LogP contribution in [0.3, 0.4) is 0 Å². The number of methoxy groups -OCH3 is 1. The molecule has 2 fully saturated rings. The van der Waals surface area contributed by atoms with Crippen LogP contribution in [0.15, 0.2) is 72.8 Å². The minimum absolute atomic E-state index is 0.0268. The molecule has 5 heteroatoms. The van der Waals surface area contributed by atoms with Gasteiger partial charge in [0.1, 0.15) is 5.78 Å². The van der Waals surface area contributed by atoms with Crippen LogP contribution in [-0.4, -0.2) is 47.2 Å². The van der Waals surface area contributed by atoms with Gasteiger partial charge in [0.15, 0.2) is 5.79 Å². The summed E-state index contributed by atoms with van der Waals surface area (Å²) in [6.07, 6.45) is 2.38. The van der Waals surface area contributed by atoms with E-state index in [1.807, 2.05) is 12.1 Å². The first-order valence-electron chi connectivity index (χ1n) is 14.0. The molecule has 3 aliphatic rings. The number of fused-ring (bicyclic) bond motifs is 5. The molecule has 6 rings (SSSR count). The van der Waals surface area contributed by atoms with Crippen molar-refractivity contribution in [3.63, 3.8) is 0 Å². The van der Waals surface area contributed by atoms with Crippen LogP contribution in [-0.2, 0) is 28.8 Å². The van der Waals surface area contributed by atoms with Gasteiger partial charge in [0, 0.05) is 37.4 Å². The number of Topliss-reactive ketones (excluding diaryl/α,β-unsaturated/α-hetero) is 1. The van der Waals surface area contributed by atoms with E-state index in [2.05, 4.69) is 62.0 Å². The topological polar surface area (TPSA) is 87.0 Å². The molecule has 0 radical (unpaired) electrons. The fraction of sp³-hybridized carbons (Fsp3) is 0.441. The molecule has 204 valence electrons. The molecule has 0 amide bonds. The van der Waals surface area contributed by atoms with Gasteiger partial charge in [-0.15, -0.1) is 0 Å². The lowest BCUT2D eigenvalue weighted by Gasteiger charge is -2.48. The Balaban J connectivity index is 1.56. The Kier molecular flexibility index (Phi) is 6.35. The van der Waals surface area contributed by atoms with Crippen LogP contribution in [0.5, 0.6) is 0 Å². The maximum atomic E-state index is 14.5. The molecular formula is C34H38O5. The summed E-state index contributed by atoms with van der Waals surface area (Å²) < 4.78 is 5.88. The number of aryl methyl sites for hydroxylation is 1. The number of benzene rings is 3. The van der Waals surface area contributed by atoms with Gasteiger partial charge in [-0.2, -0.15) is 0 Å². The van der Waals surface area contributed by atoms with Gasteiger partial charge in [-0.25, -0.2) is 0 Å². The third-order valence-electron chi connectivity index (χ3n) is 10.4. The van der Waals surface area contributed by atoms with E-state index in [1.54, 1.807) is 0 Å². The summed E-state index contributed by atoms with van der Waals surface area (Å²) in [6.45, 7) is 6.43. The Morgan fingerprint density at radius 1 is 0.949 bits per heavy atom. The number of aliphatic hydroxyl groups excluding tert-OH is 2. The molecular weight excluding hydrogens is 488 g/mol. The smallest absolute Gasteiger partial charge is 0.185 e. The first kappa shape index (κ1) is 26.4. The van der Waals surface area contributed by atoms with Crippen molar-refractivity contribution in [3.8, 4) is 0 Å². The summed E-state index contributed by atoms with van der Waals surface area (Å²) in [5.41, 5.74) is 3.12. The van der Waals surface area contributed by atoms with Crippen molar-refractivity contribution in [3.05, 3.63) is 95.1 Å². The number of aliphatic hydroxyl groups is 3. The highest BCUT2D eigenvalue weighted by Gasteiger charge is 2.80. The van der Waals surface area contributed by atoms with Crippen molar-refractivity contribution in [2.45, 2.75) is 50.7 Å². The summed E-state index contributed by atoms with van der Waals surface area (Å²) in [6, 6.07) is 21.0. The van der Waals surface area contributed by atoms with Gasteiger partial charge >= 0.3 is 0 Å². The van der Waals surface area contributed by atoms with Crippen LogP contribution < -0.4 is 0 Å². The van der Waals surface area contributed by atoms with E-state index in [1.165, 1.54) is 7.11 Å². The molecule has 5 nitrogen and oxygen atoms in total. The van der Waals surface area contributed by atoms with Gasteiger partial charge in [-0.1, -0.05) is 79.7 Å². The lowest BCUT2D eigenvalue weighted by Crippen LogP contribution is -2.56. The maximum absolute atomic E-state index is 14.5. The Hall–Kier alpha value is -2.83. The number of hydrogen-bond donors (Lipinski definition) is 3. The van der Waals surface area contributed by atoms with Crippen molar-refractivity contribution in [2.75, 3.05) is 20.3 Å². The summed E-state index contributed by atoms with van der Waals surface area (Å²) in [5.74, 6) is -2.61. The molecule has 6 unspecified atom stereocenters. The summed E-state index contributed by atoms with van der Waals surface area (Å²) in [4.78, 5) is 14.5. The van der Waals surface area contributed by atoms with Crippen molar-refractivity contribution in [1.29, 1.82) is 0 Å². The minimum atomic E-state index is -1.73. The fourth-order valence-electron chi connectivity index (χ4n) is 8.40. The van der Waals surface area contributed by atoms with Crippen LogP contribution >= 0.6 is 0 Å². The van der Waals surface area contributed by atoms with Crippen LogP contribution in [0.25, 0.3) is 10.8 Å². The monoisotopic (exact) mass is 526 g/mol. The van der Waals surface area contributed by atoms with E-state index in [4.69, 9.17) is 4.74 Å². The minimum Gasteiger partial charge on any atom is -0.396 e. The van der Waals surface area contributed by atoms with E-state index in [9.17, 15) is 20.1 Å². The molecule has 6 atom stereocenters. The molecule has 3 aliphatic carbocycles. The average Bonchev–Trinajstić information content (AvgIpc) is 3.29. The number of carbonyl (C=O) groups is 1. The summed E-state index contributed by atoms with van der Waals surface area (Å²) >= 11 is 0. The fourth-order valence-corrected chi connectivity index (χ4v) is 8.40. The molecule has 3 aromatic rings. The van der Waals surface area contributed by atoms with Gasteiger partial charge in [0.25, 0.3) is 0 Å². The highest BCUT2D eigenvalue weighted by molar-refractivity contribution is 5.90.